The number of aliphatic carboxylic acids is 1. The number of morpholine rings is 1. The Morgan fingerprint density at radius 1 is 1.50 bits per heavy atom. The fourth-order valence-electron chi connectivity index (χ4n) is 1.61. The van der Waals surface area contributed by atoms with Crippen LogP contribution in [-0.2, 0) is 9.53 Å². The third-order valence-corrected chi connectivity index (χ3v) is 2.91. The molecule has 0 radical (unpaired) electrons. The van der Waals surface area contributed by atoms with E-state index in [1.807, 2.05) is 0 Å². The van der Waals surface area contributed by atoms with E-state index in [2.05, 4.69) is 25.7 Å². The summed E-state index contributed by atoms with van der Waals surface area (Å²) in [6.07, 6.45) is -0.648. The van der Waals surface area contributed by atoms with Crippen molar-refractivity contribution in [2.45, 2.75) is 32.9 Å². The highest BCUT2D eigenvalue weighted by Gasteiger charge is 2.29. The predicted octanol–water partition coefficient (Wildman–Crippen LogP) is 0.816. The largest absolute Gasteiger partial charge is 0.479 e. The summed E-state index contributed by atoms with van der Waals surface area (Å²) in [5, 5.41) is 8.82. The highest BCUT2D eigenvalue weighted by atomic mass is 16.5. The Labute approximate surface area is 84.8 Å². The van der Waals surface area contributed by atoms with Crippen LogP contribution in [0.15, 0.2) is 0 Å². The molecule has 2 atom stereocenters. The molecule has 0 aromatic carbocycles. The number of carboxylic acid groups (broad SMARTS) is 1. The van der Waals surface area contributed by atoms with E-state index >= 15 is 0 Å². The van der Waals surface area contributed by atoms with E-state index in [4.69, 9.17) is 9.84 Å². The molecule has 2 unspecified atom stereocenters. The van der Waals surface area contributed by atoms with Crippen LogP contribution in [0.1, 0.15) is 20.8 Å². The summed E-state index contributed by atoms with van der Waals surface area (Å²) in [5.74, 6) is -0.312. The average Bonchev–Trinajstić information content (AvgIpc) is 2.16. The van der Waals surface area contributed by atoms with Gasteiger partial charge in [-0.1, -0.05) is 13.8 Å². The van der Waals surface area contributed by atoms with Crippen molar-refractivity contribution in [2.24, 2.45) is 5.92 Å². The second-order valence-corrected chi connectivity index (χ2v) is 4.18. The lowest BCUT2D eigenvalue weighted by molar-refractivity contribution is -0.157. The van der Waals surface area contributed by atoms with E-state index in [0.717, 1.165) is 6.54 Å². The van der Waals surface area contributed by atoms with Gasteiger partial charge in [-0.2, -0.15) is 0 Å². The van der Waals surface area contributed by atoms with Gasteiger partial charge in [0.1, 0.15) is 0 Å². The smallest absolute Gasteiger partial charge is 0.334 e. The molecule has 4 heteroatoms. The van der Waals surface area contributed by atoms with Crippen LogP contribution in [0.3, 0.4) is 0 Å². The third-order valence-electron chi connectivity index (χ3n) is 2.91. The molecule has 14 heavy (non-hydrogen) atoms. The summed E-state index contributed by atoms with van der Waals surface area (Å²) in [6.45, 7) is 8.30. The lowest BCUT2D eigenvalue weighted by Crippen LogP contribution is -2.50. The van der Waals surface area contributed by atoms with Crippen LogP contribution in [0.5, 0.6) is 0 Å². The Morgan fingerprint density at radius 3 is 2.64 bits per heavy atom. The van der Waals surface area contributed by atoms with Crippen molar-refractivity contribution in [3.63, 3.8) is 0 Å². The molecule has 1 aliphatic rings. The van der Waals surface area contributed by atoms with Crippen LogP contribution >= 0.6 is 0 Å². The molecular formula is C10H19NO3. The Kier molecular flexibility index (Phi) is 3.89. The molecule has 1 rings (SSSR count). The molecular weight excluding hydrogens is 182 g/mol. The quantitative estimate of drug-likeness (QED) is 0.734. The summed E-state index contributed by atoms with van der Waals surface area (Å²) in [5.41, 5.74) is 0. The number of ether oxygens (including phenoxy) is 1. The molecule has 1 heterocycles. The first-order valence-corrected chi connectivity index (χ1v) is 5.11. The minimum Gasteiger partial charge on any atom is -0.479 e. The molecule has 1 fully saturated rings. The van der Waals surface area contributed by atoms with Crippen LogP contribution in [0.25, 0.3) is 0 Å². The normalized spacial score (nSPS) is 26.4. The van der Waals surface area contributed by atoms with Crippen LogP contribution in [-0.4, -0.2) is 47.8 Å². The maximum atomic E-state index is 10.7. The topological polar surface area (TPSA) is 49.8 Å². The SMILES string of the molecule is CC(C)C(C)N1CCOC(C(=O)O)C1. The summed E-state index contributed by atoms with van der Waals surface area (Å²) in [4.78, 5) is 12.9. The summed E-state index contributed by atoms with van der Waals surface area (Å²) < 4.78 is 5.16. The monoisotopic (exact) mass is 201 g/mol. The van der Waals surface area contributed by atoms with Crippen molar-refractivity contribution in [1.82, 2.24) is 4.90 Å². The van der Waals surface area contributed by atoms with Gasteiger partial charge in [-0.05, 0) is 12.8 Å². The molecule has 0 aromatic heterocycles. The zero-order valence-electron chi connectivity index (χ0n) is 9.06. The number of hydrogen-bond donors (Lipinski definition) is 1. The maximum absolute atomic E-state index is 10.7. The Balaban J connectivity index is 2.51. The standard InChI is InChI=1S/C10H19NO3/c1-7(2)8(3)11-4-5-14-9(6-11)10(12)13/h7-9H,4-6H2,1-3H3,(H,12,13). The van der Waals surface area contributed by atoms with Gasteiger partial charge >= 0.3 is 5.97 Å². The number of carbonyl (C=O) groups is 1. The molecule has 0 saturated carbocycles. The second kappa shape index (κ2) is 4.75. The molecule has 0 amide bonds. The van der Waals surface area contributed by atoms with Gasteiger partial charge in [0.2, 0.25) is 0 Å². The van der Waals surface area contributed by atoms with Crippen molar-refractivity contribution < 1.29 is 14.6 Å². The molecule has 4 nitrogen and oxygen atoms in total. The summed E-state index contributed by atoms with van der Waals surface area (Å²) in [7, 11) is 0. The van der Waals surface area contributed by atoms with Crippen molar-refractivity contribution in [3.05, 3.63) is 0 Å². The minimum atomic E-state index is -0.856. The van der Waals surface area contributed by atoms with Gasteiger partial charge in [-0.3, -0.25) is 4.90 Å². The van der Waals surface area contributed by atoms with Crippen molar-refractivity contribution in [1.29, 1.82) is 0 Å². The third kappa shape index (κ3) is 2.69. The second-order valence-electron chi connectivity index (χ2n) is 4.18. The van der Waals surface area contributed by atoms with Gasteiger partial charge in [0.25, 0.3) is 0 Å². The minimum absolute atomic E-state index is 0.417. The van der Waals surface area contributed by atoms with Crippen LogP contribution in [0.4, 0.5) is 0 Å². The zero-order chi connectivity index (χ0) is 10.7. The summed E-state index contributed by atoms with van der Waals surface area (Å²) >= 11 is 0. The molecule has 82 valence electrons. The molecule has 0 bridgehead atoms. The van der Waals surface area contributed by atoms with Crippen molar-refractivity contribution >= 4 is 5.97 Å². The molecule has 1 aliphatic heterocycles. The number of rotatable bonds is 3. The van der Waals surface area contributed by atoms with E-state index in [1.165, 1.54) is 0 Å². The van der Waals surface area contributed by atoms with Gasteiger partial charge in [0.05, 0.1) is 6.61 Å². The number of nitrogens with zero attached hydrogens (tertiary/aromatic N) is 1. The van der Waals surface area contributed by atoms with E-state index in [9.17, 15) is 4.79 Å². The highest BCUT2D eigenvalue weighted by Crippen LogP contribution is 2.14. The molecule has 1 saturated heterocycles. The van der Waals surface area contributed by atoms with Gasteiger partial charge in [-0.15, -0.1) is 0 Å². The van der Waals surface area contributed by atoms with Crippen LogP contribution < -0.4 is 0 Å². The lowest BCUT2D eigenvalue weighted by atomic mass is 10.0. The lowest BCUT2D eigenvalue weighted by Gasteiger charge is -2.37. The van der Waals surface area contributed by atoms with Crippen LogP contribution in [0.2, 0.25) is 0 Å². The number of carboxylic acids is 1. The Bertz CT molecular complexity index is 206. The predicted molar refractivity (Wildman–Crippen MR) is 53.2 cm³/mol. The first-order chi connectivity index (χ1) is 6.52. The highest BCUT2D eigenvalue weighted by molar-refractivity contribution is 5.72. The Hall–Kier alpha value is -0.610. The van der Waals surface area contributed by atoms with Gasteiger partial charge in [0.15, 0.2) is 6.10 Å². The van der Waals surface area contributed by atoms with E-state index in [0.29, 0.717) is 25.1 Å². The first kappa shape index (κ1) is 11.5. The molecule has 1 N–H and O–H groups in total. The van der Waals surface area contributed by atoms with Crippen LogP contribution in [0, 0.1) is 5.92 Å². The zero-order valence-corrected chi connectivity index (χ0v) is 9.06. The van der Waals surface area contributed by atoms with E-state index < -0.39 is 12.1 Å². The molecule has 0 aliphatic carbocycles. The Morgan fingerprint density at radius 2 is 2.14 bits per heavy atom. The maximum Gasteiger partial charge on any atom is 0.334 e. The fourth-order valence-corrected chi connectivity index (χ4v) is 1.61. The van der Waals surface area contributed by atoms with E-state index in [1.54, 1.807) is 0 Å². The number of hydrogen-bond acceptors (Lipinski definition) is 3. The van der Waals surface area contributed by atoms with Gasteiger partial charge < -0.3 is 9.84 Å². The van der Waals surface area contributed by atoms with Gasteiger partial charge in [0, 0.05) is 19.1 Å². The van der Waals surface area contributed by atoms with Crippen molar-refractivity contribution in [2.75, 3.05) is 19.7 Å². The fraction of sp³-hybridized carbons (Fsp3) is 0.900. The average molecular weight is 201 g/mol. The molecule has 0 spiro atoms. The van der Waals surface area contributed by atoms with Crippen molar-refractivity contribution in [3.8, 4) is 0 Å². The molecule has 0 aromatic rings. The van der Waals surface area contributed by atoms with Gasteiger partial charge in [-0.25, -0.2) is 4.79 Å². The first-order valence-electron chi connectivity index (χ1n) is 5.11. The summed E-state index contributed by atoms with van der Waals surface area (Å²) in [6, 6.07) is 0.417. The van der Waals surface area contributed by atoms with E-state index in [-0.39, 0.29) is 0 Å².